The minimum atomic E-state index is -0.268. The zero-order valence-electron chi connectivity index (χ0n) is 12.8. The molecule has 2 aromatic rings. The van der Waals surface area contributed by atoms with Gasteiger partial charge in [0.05, 0.1) is 4.91 Å². The molecule has 1 aliphatic rings. The molecule has 0 atom stereocenters. The summed E-state index contributed by atoms with van der Waals surface area (Å²) in [5.41, 5.74) is 3.37. The first-order valence-electron chi connectivity index (χ1n) is 7.14. The smallest absolute Gasteiger partial charge is 0.264 e. The quantitative estimate of drug-likeness (QED) is 0.750. The number of benzene rings is 1. The van der Waals surface area contributed by atoms with Gasteiger partial charge in [0.25, 0.3) is 5.91 Å². The second-order valence-corrected chi connectivity index (χ2v) is 6.21. The summed E-state index contributed by atoms with van der Waals surface area (Å²) in [5, 5.41) is 12.8. The van der Waals surface area contributed by atoms with E-state index in [9.17, 15) is 9.59 Å². The van der Waals surface area contributed by atoms with Crippen molar-refractivity contribution >= 4 is 40.5 Å². The molecule has 1 aliphatic heterocycles. The Bertz CT molecular complexity index is 859. The molecular formula is C17H14N4O2S. The van der Waals surface area contributed by atoms with E-state index in [0.717, 1.165) is 34.1 Å². The van der Waals surface area contributed by atoms with E-state index in [1.165, 1.54) is 6.92 Å². The summed E-state index contributed by atoms with van der Waals surface area (Å²) in [6.45, 7) is 1.46. The highest BCUT2D eigenvalue weighted by atomic mass is 32.2. The van der Waals surface area contributed by atoms with Gasteiger partial charge in [-0.1, -0.05) is 12.1 Å². The highest BCUT2D eigenvalue weighted by Gasteiger charge is 2.22. The summed E-state index contributed by atoms with van der Waals surface area (Å²) in [4.78, 5) is 27.4. The monoisotopic (exact) mass is 338 g/mol. The summed E-state index contributed by atoms with van der Waals surface area (Å²) in [6, 6.07) is 9.36. The molecule has 3 rings (SSSR count). The lowest BCUT2D eigenvalue weighted by Crippen LogP contribution is -2.18. The van der Waals surface area contributed by atoms with Crippen molar-refractivity contribution in [3.8, 4) is 11.1 Å². The molecule has 1 aromatic carbocycles. The molecular weight excluding hydrogens is 324 g/mol. The van der Waals surface area contributed by atoms with Crippen molar-refractivity contribution < 1.29 is 9.59 Å². The van der Waals surface area contributed by atoms with Gasteiger partial charge in [0.1, 0.15) is 0 Å². The van der Waals surface area contributed by atoms with Gasteiger partial charge in [-0.15, -0.1) is 0 Å². The van der Waals surface area contributed by atoms with Crippen molar-refractivity contribution in [3.63, 3.8) is 0 Å². The predicted octanol–water partition coefficient (Wildman–Crippen LogP) is 2.85. The molecule has 0 aliphatic carbocycles. The van der Waals surface area contributed by atoms with Gasteiger partial charge in [-0.25, -0.2) is 0 Å². The van der Waals surface area contributed by atoms with Crippen LogP contribution in [0.2, 0.25) is 0 Å². The van der Waals surface area contributed by atoms with Gasteiger partial charge in [0, 0.05) is 30.6 Å². The van der Waals surface area contributed by atoms with Crippen molar-refractivity contribution in [2.24, 2.45) is 0 Å². The number of nitrogens with one attached hydrogen (secondary N) is 3. The van der Waals surface area contributed by atoms with E-state index >= 15 is 0 Å². The van der Waals surface area contributed by atoms with Crippen molar-refractivity contribution in [2.75, 3.05) is 5.32 Å². The van der Waals surface area contributed by atoms with E-state index in [-0.39, 0.29) is 17.0 Å². The first-order chi connectivity index (χ1) is 11.5. The number of carbonyl (C=O) groups excluding carboxylic acids is 2. The summed E-state index contributed by atoms with van der Waals surface area (Å²) in [6.07, 6.45) is 5.11. The van der Waals surface area contributed by atoms with Crippen molar-refractivity contribution in [1.82, 2.24) is 10.3 Å². The van der Waals surface area contributed by atoms with Crippen molar-refractivity contribution in [2.45, 2.75) is 6.92 Å². The van der Waals surface area contributed by atoms with Crippen molar-refractivity contribution in [3.05, 3.63) is 53.2 Å². The lowest BCUT2D eigenvalue weighted by atomic mass is 10.1. The van der Waals surface area contributed by atoms with E-state index in [2.05, 4.69) is 15.6 Å². The standard InChI is InChI=1S/C17H14N4O2S/c1-10(22)20-14-4-2-12(3-5-14)13-6-11(8-19-9-13)7-15-16(23)21-17(18)24-15/h2-9H,1H3,(H,20,22)(H2,18,21,23)/b15-7-. The first kappa shape index (κ1) is 15.9. The topological polar surface area (TPSA) is 94.9 Å². The Morgan fingerprint density at radius 3 is 2.62 bits per heavy atom. The number of thioether (sulfide) groups is 1. The van der Waals surface area contributed by atoms with Crippen LogP contribution in [0.5, 0.6) is 0 Å². The van der Waals surface area contributed by atoms with Crippen LogP contribution in [0, 0.1) is 5.41 Å². The Balaban J connectivity index is 1.85. The minimum absolute atomic E-state index is 0.115. The number of anilines is 1. The number of nitrogens with zero attached hydrogens (tertiary/aromatic N) is 1. The molecule has 2 amide bonds. The zero-order valence-corrected chi connectivity index (χ0v) is 13.6. The van der Waals surface area contributed by atoms with Gasteiger partial charge in [-0.05, 0) is 47.2 Å². The summed E-state index contributed by atoms with van der Waals surface area (Å²) in [7, 11) is 0. The average Bonchev–Trinajstić information content (AvgIpc) is 2.85. The van der Waals surface area contributed by atoms with Crippen LogP contribution in [0.25, 0.3) is 17.2 Å². The molecule has 120 valence electrons. The van der Waals surface area contributed by atoms with E-state index < -0.39 is 0 Å². The Morgan fingerprint density at radius 1 is 1.25 bits per heavy atom. The maximum absolute atomic E-state index is 11.7. The molecule has 0 radical (unpaired) electrons. The Labute approximate surface area is 142 Å². The molecule has 1 saturated heterocycles. The fourth-order valence-electron chi connectivity index (χ4n) is 2.24. The molecule has 0 bridgehead atoms. The first-order valence-corrected chi connectivity index (χ1v) is 7.95. The summed E-state index contributed by atoms with van der Waals surface area (Å²) < 4.78 is 0. The molecule has 2 heterocycles. The lowest BCUT2D eigenvalue weighted by Gasteiger charge is -2.05. The number of hydrogen-bond donors (Lipinski definition) is 3. The van der Waals surface area contributed by atoms with Crippen LogP contribution < -0.4 is 10.6 Å². The van der Waals surface area contributed by atoms with E-state index in [4.69, 9.17) is 5.41 Å². The molecule has 7 heteroatoms. The summed E-state index contributed by atoms with van der Waals surface area (Å²) in [5.74, 6) is -0.383. The van der Waals surface area contributed by atoms with Crippen LogP contribution >= 0.6 is 11.8 Å². The number of amides is 2. The molecule has 3 N–H and O–H groups in total. The Kier molecular flexibility index (Phi) is 4.43. The second kappa shape index (κ2) is 6.67. The Morgan fingerprint density at radius 2 is 2.00 bits per heavy atom. The minimum Gasteiger partial charge on any atom is -0.326 e. The third-order valence-electron chi connectivity index (χ3n) is 3.26. The number of pyridine rings is 1. The van der Waals surface area contributed by atoms with Crippen LogP contribution in [-0.2, 0) is 9.59 Å². The average molecular weight is 338 g/mol. The third-order valence-corrected chi connectivity index (χ3v) is 4.09. The van der Waals surface area contributed by atoms with Gasteiger partial charge in [0.15, 0.2) is 5.17 Å². The number of rotatable bonds is 3. The largest absolute Gasteiger partial charge is 0.326 e. The molecule has 1 aromatic heterocycles. The molecule has 0 unspecified atom stereocenters. The van der Waals surface area contributed by atoms with Gasteiger partial charge in [0.2, 0.25) is 5.91 Å². The van der Waals surface area contributed by atoms with E-state index in [1.807, 2.05) is 30.3 Å². The highest BCUT2D eigenvalue weighted by molar-refractivity contribution is 8.18. The molecule has 6 nitrogen and oxygen atoms in total. The SMILES string of the molecule is CC(=O)Nc1ccc(-c2cncc(/C=C3\SC(=N)NC3=O)c2)cc1. The van der Waals surface area contributed by atoms with Gasteiger partial charge in [-0.3, -0.25) is 20.0 Å². The number of amidine groups is 1. The maximum Gasteiger partial charge on any atom is 0.264 e. The van der Waals surface area contributed by atoms with Crippen LogP contribution in [0.1, 0.15) is 12.5 Å². The highest BCUT2D eigenvalue weighted by Crippen LogP contribution is 2.27. The van der Waals surface area contributed by atoms with Gasteiger partial charge < -0.3 is 10.6 Å². The summed E-state index contributed by atoms with van der Waals surface area (Å²) >= 11 is 1.09. The lowest BCUT2D eigenvalue weighted by molar-refractivity contribution is -0.115. The predicted molar refractivity (Wildman–Crippen MR) is 95.4 cm³/mol. The van der Waals surface area contributed by atoms with E-state index in [0.29, 0.717) is 4.91 Å². The number of aromatic nitrogens is 1. The maximum atomic E-state index is 11.7. The van der Waals surface area contributed by atoms with Crippen LogP contribution in [0.4, 0.5) is 5.69 Å². The molecule has 1 fully saturated rings. The molecule has 0 spiro atoms. The third kappa shape index (κ3) is 3.69. The molecule has 24 heavy (non-hydrogen) atoms. The van der Waals surface area contributed by atoms with Gasteiger partial charge >= 0.3 is 0 Å². The second-order valence-electron chi connectivity index (χ2n) is 5.16. The fraction of sp³-hybridized carbons (Fsp3) is 0.0588. The Hall–Kier alpha value is -2.93. The zero-order chi connectivity index (χ0) is 17.1. The van der Waals surface area contributed by atoms with Crippen LogP contribution in [0.3, 0.4) is 0 Å². The number of carbonyl (C=O) groups is 2. The van der Waals surface area contributed by atoms with Crippen molar-refractivity contribution in [1.29, 1.82) is 5.41 Å². The van der Waals surface area contributed by atoms with Gasteiger partial charge in [-0.2, -0.15) is 0 Å². The normalized spacial score (nSPS) is 15.5. The number of hydrogen-bond acceptors (Lipinski definition) is 5. The van der Waals surface area contributed by atoms with Crippen LogP contribution in [0.15, 0.2) is 47.6 Å². The van der Waals surface area contributed by atoms with E-state index in [1.54, 1.807) is 18.5 Å². The fourth-order valence-corrected chi connectivity index (χ4v) is 2.94. The molecule has 0 saturated carbocycles. The van der Waals surface area contributed by atoms with Crippen LogP contribution in [-0.4, -0.2) is 22.0 Å².